The molecule has 0 bridgehead atoms. The van der Waals surface area contributed by atoms with Gasteiger partial charge in [-0.3, -0.25) is 0 Å². The number of alkyl halides is 3. The van der Waals surface area contributed by atoms with E-state index in [2.05, 4.69) is 20.6 Å². The summed E-state index contributed by atoms with van der Waals surface area (Å²) in [6, 6.07) is 16.8. The van der Waals surface area contributed by atoms with Gasteiger partial charge in [-0.25, -0.2) is 4.98 Å². The molecule has 5 rings (SSSR count). The molecular weight excluding hydrogens is 531 g/mol. The lowest BCUT2D eigenvalue weighted by Crippen LogP contribution is -2.43. The summed E-state index contributed by atoms with van der Waals surface area (Å²) in [5.74, 6) is 0.0485. The van der Waals surface area contributed by atoms with Crippen molar-refractivity contribution < 1.29 is 13.2 Å². The highest BCUT2D eigenvalue weighted by Gasteiger charge is 2.36. The number of thiocarbonyl (C=S) groups is 1. The molecule has 0 atom stereocenters. The van der Waals surface area contributed by atoms with Crippen LogP contribution < -0.4 is 15.5 Å². The second-order valence-corrected chi connectivity index (χ2v) is 10.9. The zero-order chi connectivity index (χ0) is 26.8. The van der Waals surface area contributed by atoms with Crippen LogP contribution in [0.4, 0.5) is 24.9 Å². The highest BCUT2D eigenvalue weighted by atomic mass is 35.5. The smallest absolute Gasteiger partial charge is 0.361 e. The molecule has 0 amide bonds. The van der Waals surface area contributed by atoms with E-state index in [1.54, 1.807) is 0 Å². The maximum absolute atomic E-state index is 13.8. The van der Waals surface area contributed by atoms with Crippen molar-refractivity contribution in [1.82, 2.24) is 15.3 Å². The fourth-order valence-electron chi connectivity index (χ4n) is 5.48. The Morgan fingerprint density at radius 2 is 1.71 bits per heavy atom. The Balaban J connectivity index is 1.33. The standard InChI is InChI=1S/C28H29ClF3N5S/c29-22-10-8-21(9-11-22)27(13-4-1-5-14-27)18-33-26(38)36-25-34-23(28(30,31)32)16-24(35-25)37-15-12-19-6-2-3-7-20(19)17-37/h2-3,6-11,16H,1,4-5,12-15,17-18H2,(H2,33,34,35,36,38). The molecule has 0 saturated heterocycles. The van der Waals surface area contributed by atoms with Crippen LogP contribution in [0.3, 0.4) is 0 Å². The first-order valence-electron chi connectivity index (χ1n) is 12.8. The first kappa shape index (κ1) is 26.7. The molecule has 1 saturated carbocycles. The van der Waals surface area contributed by atoms with E-state index in [1.807, 2.05) is 53.4 Å². The minimum atomic E-state index is -4.61. The molecule has 200 valence electrons. The molecule has 5 nitrogen and oxygen atoms in total. The molecule has 1 fully saturated rings. The van der Waals surface area contributed by atoms with Gasteiger partial charge in [0.05, 0.1) is 0 Å². The topological polar surface area (TPSA) is 53.1 Å². The zero-order valence-corrected chi connectivity index (χ0v) is 22.4. The van der Waals surface area contributed by atoms with E-state index < -0.39 is 11.9 Å². The van der Waals surface area contributed by atoms with Crippen LogP contribution in [-0.2, 0) is 24.6 Å². The first-order chi connectivity index (χ1) is 18.2. The van der Waals surface area contributed by atoms with Crippen molar-refractivity contribution in [1.29, 1.82) is 0 Å². The third kappa shape index (κ3) is 6.04. The Kier molecular flexibility index (Phi) is 7.77. The fraction of sp³-hybridized carbons (Fsp3) is 0.393. The van der Waals surface area contributed by atoms with Gasteiger partial charge in [0.2, 0.25) is 5.95 Å². The third-order valence-corrected chi connectivity index (χ3v) is 8.04. The van der Waals surface area contributed by atoms with Gasteiger partial charge < -0.3 is 15.5 Å². The fourth-order valence-corrected chi connectivity index (χ4v) is 5.77. The van der Waals surface area contributed by atoms with Gasteiger partial charge in [0.25, 0.3) is 0 Å². The predicted molar refractivity (Wildman–Crippen MR) is 149 cm³/mol. The van der Waals surface area contributed by atoms with Crippen molar-refractivity contribution in [2.24, 2.45) is 0 Å². The molecule has 2 heterocycles. The SMILES string of the molecule is FC(F)(F)c1cc(N2CCc3ccccc3C2)nc(NC(=S)NCC2(c3ccc(Cl)cc3)CCCCC2)n1. The van der Waals surface area contributed by atoms with E-state index in [1.165, 1.54) is 17.5 Å². The Hall–Kier alpha value is -2.91. The molecule has 1 aliphatic carbocycles. The highest BCUT2D eigenvalue weighted by molar-refractivity contribution is 7.80. The number of halogens is 4. The van der Waals surface area contributed by atoms with E-state index in [0.717, 1.165) is 43.7 Å². The number of nitrogens with one attached hydrogen (secondary N) is 2. The summed E-state index contributed by atoms with van der Waals surface area (Å²) < 4.78 is 41.3. The number of benzene rings is 2. The molecule has 2 N–H and O–H groups in total. The van der Waals surface area contributed by atoms with E-state index in [-0.39, 0.29) is 22.3 Å². The molecule has 0 radical (unpaired) electrons. The number of nitrogens with zero attached hydrogens (tertiary/aromatic N) is 3. The van der Waals surface area contributed by atoms with Crippen LogP contribution in [-0.4, -0.2) is 28.2 Å². The average Bonchev–Trinajstić information content (AvgIpc) is 2.92. The molecule has 0 unspecified atom stereocenters. The summed E-state index contributed by atoms with van der Waals surface area (Å²) in [6.45, 7) is 1.60. The Morgan fingerprint density at radius 1 is 1.00 bits per heavy atom. The summed E-state index contributed by atoms with van der Waals surface area (Å²) in [5.41, 5.74) is 2.33. The van der Waals surface area contributed by atoms with Gasteiger partial charge in [0.15, 0.2) is 10.8 Å². The van der Waals surface area contributed by atoms with Gasteiger partial charge >= 0.3 is 6.18 Å². The van der Waals surface area contributed by atoms with Crippen LogP contribution in [0.15, 0.2) is 54.6 Å². The van der Waals surface area contributed by atoms with Crippen molar-refractivity contribution in [3.05, 3.63) is 82.0 Å². The van der Waals surface area contributed by atoms with Crippen molar-refractivity contribution >= 4 is 40.7 Å². The Bertz CT molecular complexity index is 1290. The first-order valence-corrected chi connectivity index (χ1v) is 13.6. The zero-order valence-electron chi connectivity index (χ0n) is 20.8. The molecular formula is C28H29ClF3N5S. The van der Waals surface area contributed by atoms with E-state index in [9.17, 15) is 13.2 Å². The summed E-state index contributed by atoms with van der Waals surface area (Å²) in [5, 5.41) is 6.93. The maximum atomic E-state index is 13.8. The monoisotopic (exact) mass is 559 g/mol. The van der Waals surface area contributed by atoms with Crippen LogP contribution in [0.1, 0.15) is 54.5 Å². The molecule has 10 heteroatoms. The van der Waals surface area contributed by atoms with Crippen LogP contribution in [0, 0.1) is 0 Å². The van der Waals surface area contributed by atoms with Crippen molar-refractivity contribution in [3.8, 4) is 0 Å². The van der Waals surface area contributed by atoms with E-state index in [0.29, 0.717) is 24.7 Å². The van der Waals surface area contributed by atoms with Gasteiger partial charge in [-0.05, 0) is 60.3 Å². The largest absolute Gasteiger partial charge is 0.433 e. The normalized spacial score (nSPS) is 17.0. The molecule has 1 aliphatic heterocycles. The number of anilines is 2. The predicted octanol–water partition coefficient (Wildman–Crippen LogP) is 6.90. The molecule has 1 aromatic heterocycles. The van der Waals surface area contributed by atoms with Crippen molar-refractivity contribution in [2.75, 3.05) is 23.3 Å². The second kappa shape index (κ2) is 11.1. The second-order valence-electron chi connectivity index (χ2n) is 10.0. The van der Waals surface area contributed by atoms with E-state index >= 15 is 0 Å². The van der Waals surface area contributed by atoms with Gasteiger partial charge in [-0.1, -0.05) is 67.3 Å². The van der Waals surface area contributed by atoms with Crippen LogP contribution in [0.25, 0.3) is 0 Å². The maximum Gasteiger partial charge on any atom is 0.433 e. The van der Waals surface area contributed by atoms with Gasteiger partial charge in [0.1, 0.15) is 5.82 Å². The molecule has 38 heavy (non-hydrogen) atoms. The minimum Gasteiger partial charge on any atom is -0.361 e. The number of fused-ring (bicyclic) bond motifs is 1. The van der Waals surface area contributed by atoms with Crippen LogP contribution >= 0.6 is 23.8 Å². The van der Waals surface area contributed by atoms with Crippen LogP contribution in [0.5, 0.6) is 0 Å². The van der Waals surface area contributed by atoms with Gasteiger partial charge in [0, 0.05) is 36.1 Å². The van der Waals surface area contributed by atoms with Gasteiger partial charge in [-0.2, -0.15) is 18.2 Å². The number of aromatic nitrogens is 2. The Labute approximate surface area is 230 Å². The number of hydrogen-bond donors (Lipinski definition) is 2. The average molecular weight is 560 g/mol. The summed E-state index contributed by atoms with van der Waals surface area (Å²) in [4.78, 5) is 10.0. The molecule has 3 aromatic rings. The van der Waals surface area contributed by atoms with E-state index in [4.69, 9.17) is 23.8 Å². The minimum absolute atomic E-state index is 0.129. The lowest BCUT2D eigenvalue weighted by Gasteiger charge is -2.38. The summed E-state index contributed by atoms with van der Waals surface area (Å²) in [6.07, 6.45) is 1.48. The van der Waals surface area contributed by atoms with Crippen LogP contribution in [0.2, 0.25) is 5.02 Å². The van der Waals surface area contributed by atoms with Crippen molar-refractivity contribution in [2.45, 2.75) is 56.7 Å². The van der Waals surface area contributed by atoms with Gasteiger partial charge in [-0.15, -0.1) is 0 Å². The molecule has 2 aliphatic rings. The summed E-state index contributed by atoms with van der Waals surface area (Å²) in [7, 11) is 0. The summed E-state index contributed by atoms with van der Waals surface area (Å²) >= 11 is 11.6. The molecule has 0 spiro atoms. The number of rotatable bonds is 5. The third-order valence-electron chi connectivity index (χ3n) is 7.54. The highest BCUT2D eigenvalue weighted by Crippen LogP contribution is 2.39. The number of hydrogen-bond acceptors (Lipinski definition) is 4. The Morgan fingerprint density at radius 3 is 2.42 bits per heavy atom. The lowest BCUT2D eigenvalue weighted by atomic mass is 9.69. The van der Waals surface area contributed by atoms with Crippen molar-refractivity contribution in [3.63, 3.8) is 0 Å². The molecule has 2 aromatic carbocycles. The quantitative estimate of drug-likeness (QED) is 0.332. The lowest BCUT2D eigenvalue weighted by molar-refractivity contribution is -0.141.